The minimum Gasteiger partial charge on any atom is -1.00 e. The molecule has 0 heterocycles. The van der Waals surface area contributed by atoms with E-state index in [9.17, 15) is 0 Å². The van der Waals surface area contributed by atoms with Crippen molar-refractivity contribution in [2.75, 3.05) is 0 Å². The van der Waals surface area contributed by atoms with Crippen LogP contribution in [0.15, 0.2) is 60.7 Å². The van der Waals surface area contributed by atoms with Crippen molar-refractivity contribution in [1.82, 2.24) is 0 Å². The van der Waals surface area contributed by atoms with Crippen LogP contribution in [0.3, 0.4) is 0 Å². The molecule has 0 saturated carbocycles. The molecule has 2 aromatic rings. The largest absolute Gasteiger partial charge is 2.00 e. The standard InChI is InChI=1S/C15H16N.BrH.Mg/c1-13(15-10-6-3-7-11-15)16-12-14-8-4-2-5-9-14;;/h2-11,13H,12H2,1H3;1H;/q-1;;+2/p-1/t13-;;/m1../s1. The predicted molar refractivity (Wildman–Crippen MR) is 74.1 cm³/mol. The summed E-state index contributed by atoms with van der Waals surface area (Å²) in [7, 11) is 0. The van der Waals surface area contributed by atoms with Gasteiger partial charge in [0.2, 0.25) is 0 Å². The minimum atomic E-state index is 0. The summed E-state index contributed by atoms with van der Waals surface area (Å²) in [5, 5.41) is 4.66. The van der Waals surface area contributed by atoms with Gasteiger partial charge in [0.05, 0.1) is 0 Å². The molecular formula is C15H16BrMgN. The Kier molecular flexibility index (Phi) is 9.37. The Hall–Kier alpha value is -0.354. The van der Waals surface area contributed by atoms with Crippen LogP contribution in [-0.4, -0.2) is 23.1 Å². The molecule has 0 fully saturated rings. The number of halogens is 1. The molecule has 90 valence electrons. The van der Waals surface area contributed by atoms with E-state index >= 15 is 0 Å². The average Bonchev–Trinajstić information content (AvgIpc) is 2.38. The Labute approximate surface area is 136 Å². The number of hydrogen-bond donors (Lipinski definition) is 0. The summed E-state index contributed by atoms with van der Waals surface area (Å²) in [6.45, 7) is 2.93. The zero-order chi connectivity index (χ0) is 11.2. The number of nitrogens with zero attached hydrogens (tertiary/aromatic N) is 1. The van der Waals surface area contributed by atoms with Crippen molar-refractivity contribution in [3.63, 3.8) is 0 Å². The molecule has 1 atom stereocenters. The molecule has 0 spiro atoms. The van der Waals surface area contributed by atoms with E-state index in [2.05, 4.69) is 60.8 Å². The van der Waals surface area contributed by atoms with E-state index < -0.39 is 0 Å². The topological polar surface area (TPSA) is 14.1 Å². The number of rotatable bonds is 4. The molecule has 2 aromatic carbocycles. The van der Waals surface area contributed by atoms with Crippen molar-refractivity contribution in [3.8, 4) is 0 Å². The number of benzene rings is 2. The molecule has 0 radical (unpaired) electrons. The predicted octanol–water partition coefficient (Wildman–Crippen LogP) is 0.945. The van der Waals surface area contributed by atoms with Crippen molar-refractivity contribution in [1.29, 1.82) is 0 Å². The van der Waals surface area contributed by atoms with Crippen LogP contribution in [-0.2, 0) is 6.54 Å². The second kappa shape index (κ2) is 9.56. The van der Waals surface area contributed by atoms with E-state index in [4.69, 9.17) is 0 Å². The monoisotopic (exact) mass is 313 g/mol. The zero-order valence-electron chi connectivity index (χ0n) is 10.6. The van der Waals surface area contributed by atoms with Gasteiger partial charge in [0, 0.05) is 0 Å². The second-order valence-corrected chi connectivity index (χ2v) is 3.91. The van der Waals surface area contributed by atoms with E-state index in [0.29, 0.717) is 0 Å². The number of hydrogen-bond acceptors (Lipinski definition) is 0. The van der Waals surface area contributed by atoms with Gasteiger partial charge in [-0.2, -0.15) is 0 Å². The summed E-state index contributed by atoms with van der Waals surface area (Å²) >= 11 is 0. The SMILES string of the molecule is C[C@@H]([N-]Cc1ccccc1)c1ccccc1.[Br-].[Mg+2]. The van der Waals surface area contributed by atoms with Crippen LogP contribution in [0, 0.1) is 0 Å². The first-order valence-corrected chi connectivity index (χ1v) is 5.62. The first-order valence-electron chi connectivity index (χ1n) is 5.62. The summed E-state index contributed by atoms with van der Waals surface area (Å²) in [5.74, 6) is 0. The zero-order valence-corrected chi connectivity index (χ0v) is 13.6. The van der Waals surface area contributed by atoms with Crippen molar-refractivity contribution in [3.05, 3.63) is 77.1 Å². The quantitative estimate of drug-likeness (QED) is 0.746. The van der Waals surface area contributed by atoms with E-state index in [0.717, 1.165) is 6.54 Å². The summed E-state index contributed by atoms with van der Waals surface area (Å²) < 4.78 is 0. The molecule has 0 amide bonds. The van der Waals surface area contributed by atoms with Crippen LogP contribution >= 0.6 is 0 Å². The fraction of sp³-hybridized carbons (Fsp3) is 0.200. The molecule has 0 aromatic heterocycles. The molecule has 0 bridgehead atoms. The maximum absolute atomic E-state index is 4.66. The van der Waals surface area contributed by atoms with Gasteiger partial charge in [0.1, 0.15) is 0 Å². The van der Waals surface area contributed by atoms with Crippen molar-refractivity contribution in [2.24, 2.45) is 0 Å². The molecule has 18 heavy (non-hydrogen) atoms. The fourth-order valence-electron chi connectivity index (χ4n) is 1.66. The normalized spacial score (nSPS) is 10.9. The Morgan fingerprint density at radius 1 is 0.889 bits per heavy atom. The van der Waals surface area contributed by atoms with Gasteiger partial charge in [-0.1, -0.05) is 78.7 Å². The first-order chi connectivity index (χ1) is 7.86. The van der Waals surface area contributed by atoms with Gasteiger partial charge >= 0.3 is 23.1 Å². The first kappa shape index (κ1) is 17.6. The van der Waals surface area contributed by atoms with Crippen molar-refractivity contribution >= 4 is 23.1 Å². The fourth-order valence-corrected chi connectivity index (χ4v) is 1.66. The van der Waals surface area contributed by atoms with Crippen LogP contribution in [0.2, 0.25) is 0 Å². The van der Waals surface area contributed by atoms with E-state index in [1.54, 1.807) is 0 Å². The molecule has 0 aliphatic rings. The summed E-state index contributed by atoms with van der Waals surface area (Å²) in [5.41, 5.74) is 2.55. The van der Waals surface area contributed by atoms with Gasteiger partial charge in [-0.15, -0.1) is 12.6 Å². The Bertz CT molecular complexity index is 419. The Balaban J connectivity index is 0.00000144. The maximum Gasteiger partial charge on any atom is 2.00 e. The summed E-state index contributed by atoms with van der Waals surface area (Å²) in [6.07, 6.45) is 0. The van der Waals surface area contributed by atoms with Gasteiger partial charge in [0.25, 0.3) is 0 Å². The third-order valence-corrected chi connectivity index (χ3v) is 2.67. The third-order valence-electron chi connectivity index (χ3n) is 2.67. The Morgan fingerprint density at radius 2 is 1.39 bits per heavy atom. The van der Waals surface area contributed by atoms with Gasteiger partial charge in [-0.3, -0.25) is 0 Å². The minimum absolute atomic E-state index is 0. The van der Waals surface area contributed by atoms with E-state index in [1.807, 2.05) is 12.1 Å². The van der Waals surface area contributed by atoms with Crippen LogP contribution in [0.5, 0.6) is 0 Å². The van der Waals surface area contributed by atoms with Crippen molar-refractivity contribution in [2.45, 2.75) is 19.5 Å². The second-order valence-electron chi connectivity index (χ2n) is 3.91. The van der Waals surface area contributed by atoms with E-state index in [1.165, 1.54) is 11.1 Å². The molecule has 1 nitrogen and oxygen atoms in total. The van der Waals surface area contributed by atoms with Gasteiger partial charge in [0.15, 0.2) is 0 Å². The molecule has 3 heteroatoms. The molecule has 0 N–H and O–H groups in total. The third kappa shape index (κ3) is 5.53. The van der Waals surface area contributed by atoms with E-state index in [-0.39, 0.29) is 46.1 Å². The summed E-state index contributed by atoms with van der Waals surface area (Å²) in [6, 6.07) is 21.0. The van der Waals surface area contributed by atoms with Crippen LogP contribution in [0.1, 0.15) is 24.1 Å². The molecular weight excluding hydrogens is 298 g/mol. The Morgan fingerprint density at radius 3 is 1.94 bits per heavy atom. The van der Waals surface area contributed by atoms with Gasteiger partial charge in [-0.05, 0) is 0 Å². The van der Waals surface area contributed by atoms with Crippen LogP contribution in [0.25, 0.3) is 5.32 Å². The molecule has 0 aliphatic carbocycles. The molecule has 0 aliphatic heterocycles. The molecule has 0 saturated heterocycles. The molecule has 2 rings (SSSR count). The maximum atomic E-state index is 4.66. The van der Waals surface area contributed by atoms with Crippen molar-refractivity contribution < 1.29 is 17.0 Å². The van der Waals surface area contributed by atoms with Gasteiger partial charge < -0.3 is 22.3 Å². The molecule has 0 unspecified atom stereocenters. The average molecular weight is 315 g/mol. The smallest absolute Gasteiger partial charge is 1.00 e. The van der Waals surface area contributed by atoms with Crippen LogP contribution in [0.4, 0.5) is 0 Å². The van der Waals surface area contributed by atoms with Crippen LogP contribution < -0.4 is 17.0 Å². The van der Waals surface area contributed by atoms with Gasteiger partial charge in [-0.25, -0.2) is 0 Å². The summed E-state index contributed by atoms with van der Waals surface area (Å²) in [4.78, 5) is 0.